The Labute approximate surface area is 97.0 Å². The summed E-state index contributed by atoms with van der Waals surface area (Å²) >= 11 is 4.52. The average molecular weight is 253 g/mol. The highest BCUT2D eigenvalue weighted by molar-refractivity contribution is 7.80. The third kappa shape index (κ3) is 2.98. The molecule has 0 bridgehead atoms. The second kappa shape index (κ2) is 5.68. The molecule has 8 N–H and O–H groups in total. The third-order valence-corrected chi connectivity index (χ3v) is 2.33. The largest absolute Gasteiger partial charge is 0.394 e. The topological polar surface area (TPSA) is 140 Å². The predicted molar refractivity (Wildman–Crippen MR) is 56.8 cm³/mol. The fourth-order valence-electron chi connectivity index (χ4n) is 1.36. The maximum absolute atomic E-state index is 9.53. The Morgan fingerprint density at radius 1 is 1.25 bits per heavy atom. The van der Waals surface area contributed by atoms with Gasteiger partial charge in [-0.1, -0.05) is 0 Å². The van der Waals surface area contributed by atoms with E-state index < -0.39 is 37.3 Å². The van der Waals surface area contributed by atoms with Gasteiger partial charge < -0.3 is 30.9 Å². The number of hydrazine groups is 1. The molecule has 0 aromatic carbocycles. The molecule has 1 rings (SSSR count). The Kier molecular flexibility index (Phi) is 4.80. The van der Waals surface area contributed by atoms with Crippen LogP contribution in [0, 0.1) is 0 Å². The maximum Gasteiger partial charge on any atom is 0.178 e. The molecule has 16 heavy (non-hydrogen) atoms. The number of nitrogens with two attached hydrogens (primary N) is 1. The zero-order valence-corrected chi connectivity index (χ0v) is 9.09. The van der Waals surface area contributed by atoms with E-state index >= 15 is 0 Å². The smallest absolute Gasteiger partial charge is 0.178 e. The van der Waals surface area contributed by atoms with Gasteiger partial charge in [-0.05, 0) is 12.2 Å². The van der Waals surface area contributed by atoms with Crippen LogP contribution < -0.4 is 16.6 Å². The quantitative estimate of drug-likeness (QED) is 0.199. The SMILES string of the molecule is NC(=S)NN[C@@H]1O[C@H](CO)[C@@H](O)[C@H](O)[C@H]1O. The molecule has 0 aromatic heterocycles. The van der Waals surface area contributed by atoms with E-state index in [2.05, 4.69) is 23.1 Å². The summed E-state index contributed by atoms with van der Waals surface area (Å²) in [6, 6.07) is 0. The van der Waals surface area contributed by atoms with Gasteiger partial charge in [0.1, 0.15) is 24.4 Å². The van der Waals surface area contributed by atoms with Crippen molar-refractivity contribution in [2.75, 3.05) is 6.61 Å². The van der Waals surface area contributed by atoms with Crippen LogP contribution in [0.5, 0.6) is 0 Å². The minimum atomic E-state index is -1.43. The average Bonchev–Trinajstić information content (AvgIpc) is 2.25. The van der Waals surface area contributed by atoms with Crippen LogP contribution in [0.15, 0.2) is 0 Å². The molecule has 1 saturated heterocycles. The number of aliphatic hydroxyl groups excluding tert-OH is 4. The molecule has 94 valence electrons. The van der Waals surface area contributed by atoms with Crippen LogP contribution in [0.4, 0.5) is 0 Å². The van der Waals surface area contributed by atoms with Gasteiger partial charge >= 0.3 is 0 Å². The first-order valence-electron chi connectivity index (χ1n) is 4.59. The second-order valence-corrected chi connectivity index (χ2v) is 3.82. The number of thiocarbonyl (C=S) groups is 1. The van der Waals surface area contributed by atoms with Crippen LogP contribution in [-0.4, -0.2) is 62.8 Å². The molecule has 0 saturated carbocycles. The van der Waals surface area contributed by atoms with E-state index in [1.807, 2.05) is 0 Å². The Morgan fingerprint density at radius 3 is 2.38 bits per heavy atom. The van der Waals surface area contributed by atoms with Crippen LogP contribution in [0.25, 0.3) is 0 Å². The summed E-state index contributed by atoms with van der Waals surface area (Å²) in [5, 5.41) is 37.2. The van der Waals surface area contributed by atoms with Gasteiger partial charge in [0.15, 0.2) is 11.3 Å². The summed E-state index contributed by atoms with van der Waals surface area (Å²) in [7, 11) is 0. The second-order valence-electron chi connectivity index (χ2n) is 3.38. The Morgan fingerprint density at radius 2 is 1.88 bits per heavy atom. The van der Waals surface area contributed by atoms with E-state index in [-0.39, 0.29) is 5.11 Å². The minimum absolute atomic E-state index is 0.0723. The lowest BCUT2D eigenvalue weighted by Crippen LogP contribution is -2.65. The zero-order valence-electron chi connectivity index (χ0n) is 8.28. The minimum Gasteiger partial charge on any atom is -0.394 e. The van der Waals surface area contributed by atoms with Crippen molar-refractivity contribution in [2.24, 2.45) is 5.73 Å². The summed E-state index contributed by atoms with van der Waals surface area (Å²) in [6.45, 7) is -0.490. The Balaban J connectivity index is 2.60. The van der Waals surface area contributed by atoms with Crippen LogP contribution in [0.1, 0.15) is 0 Å². The highest BCUT2D eigenvalue weighted by Gasteiger charge is 2.43. The lowest BCUT2D eigenvalue weighted by molar-refractivity contribution is -0.238. The molecule has 0 spiro atoms. The Bertz CT molecular complexity index is 254. The van der Waals surface area contributed by atoms with E-state index in [0.717, 1.165) is 0 Å². The monoisotopic (exact) mass is 253 g/mol. The molecule has 0 unspecified atom stereocenters. The highest BCUT2D eigenvalue weighted by atomic mass is 32.1. The van der Waals surface area contributed by atoms with Crippen molar-refractivity contribution >= 4 is 17.3 Å². The fourth-order valence-corrected chi connectivity index (χ4v) is 1.42. The van der Waals surface area contributed by atoms with Crippen molar-refractivity contribution in [3.63, 3.8) is 0 Å². The van der Waals surface area contributed by atoms with Crippen LogP contribution in [-0.2, 0) is 4.74 Å². The van der Waals surface area contributed by atoms with Gasteiger partial charge in [-0.25, -0.2) is 5.43 Å². The maximum atomic E-state index is 9.53. The van der Waals surface area contributed by atoms with Crippen molar-refractivity contribution in [3.05, 3.63) is 0 Å². The highest BCUT2D eigenvalue weighted by Crippen LogP contribution is 2.19. The molecule has 0 aromatic rings. The zero-order chi connectivity index (χ0) is 12.3. The first-order valence-corrected chi connectivity index (χ1v) is 4.99. The molecule has 0 aliphatic carbocycles. The normalized spacial score (nSPS) is 39.4. The van der Waals surface area contributed by atoms with Gasteiger partial charge in [0.2, 0.25) is 0 Å². The summed E-state index contributed by atoms with van der Waals surface area (Å²) in [6.07, 6.45) is -6.21. The molecule has 1 fully saturated rings. The van der Waals surface area contributed by atoms with E-state index in [9.17, 15) is 15.3 Å². The molecule has 5 atom stereocenters. The number of rotatable bonds is 3. The molecule has 1 heterocycles. The van der Waals surface area contributed by atoms with Crippen molar-refractivity contribution in [1.82, 2.24) is 10.9 Å². The molecule has 1 aliphatic heterocycles. The van der Waals surface area contributed by atoms with Gasteiger partial charge in [-0.2, -0.15) is 0 Å². The van der Waals surface area contributed by atoms with Gasteiger partial charge in [-0.3, -0.25) is 5.43 Å². The van der Waals surface area contributed by atoms with Crippen LogP contribution in [0.3, 0.4) is 0 Å². The van der Waals surface area contributed by atoms with Crippen LogP contribution >= 0.6 is 12.2 Å². The molecular weight excluding hydrogens is 238 g/mol. The lowest BCUT2D eigenvalue weighted by Gasteiger charge is -2.40. The van der Waals surface area contributed by atoms with E-state index in [1.165, 1.54) is 0 Å². The standard InChI is InChI=1S/C7H15N3O5S/c8-7(16)10-9-6-5(14)4(13)3(12)2(1-11)15-6/h2-6,9,11-14H,1H2,(H3,8,10,16)/t2-,3-,4+,5-,6-/m1/s1. The van der Waals surface area contributed by atoms with Gasteiger partial charge in [-0.15, -0.1) is 0 Å². The summed E-state index contributed by atoms with van der Waals surface area (Å²) in [5.74, 6) is 0. The molecule has 9 heteroatoms. The van der Waals surface area contributed by atoms with Crippen LogP contribution in [0.2, 0.25) is 0 Å². The molecule has 8 nitrogen and oxygen atoms in total. The summed E-state index contributed by atoms with van der Waals surface area (Å²) in [4.78, 5) is 0. The van der Waals surface area contributed by atoms with Crippen molar-refractivity contribution in [3.8, 4) is 0 Å². The number of hydrogen-bond donors (Lipinski definition) is 7. The molecule has 0 amide bonds. The Hall–Kier alpha value is -0.550. The van der Waals surface area contributed by atoms with Gasteiger partial charge in [0.05, 0.1) is 6.61 Å². The van der Waals surface area contributed by atoms with Crippen molar-refractivity contribution in [2.45, 2.75) is 30.6 Å². The first-order chi connectivity index (χ1) is 7.47. The first kappa shape index (κ1) is 13.5. The number of aliphatic hydroxyl groups is 4. The van der Waals surface area contributed by atoms with E-state index in [0.29, 0.717) is 0 Å². The summed E-state index contributed by atoms with van der Waals surface area (Å²) in [5.41, 5.74) is 9.88. The summed E-state index contributed by atoms with van der Waals surface area (Å²) < 4.78 is 5.08. The van der Waals surface area contributed by atoms with Gasteiger partial charge in [0, 0.05) is 0 Å². The fraction of sp³-hybridized carbons (Fsp3) is 0.857. The van der Waals surface area contributed by atoms with E-state index in [4.69, 9.17) is 15.6 Å². The molecular formula is C7H15N3O5S. The number of nitrogens with one attached hydrogen (secondary N) is 2. The predicted octanol–water partition coefficient (Wildman–Crippen LogP) is -3.88. The lowest BCUT2D eigenvalue weighted by atomic mass is 9.99. The van der Waals surface area contributed by atoms with Gasteiger partial charge in [0.25, 0.3) is 0 Å². The van der Waals surface area contributed by atoms with E-state index in [1.54, 1.807) is 0 Å². The number of ether oxygens (including phenoxy) is 1. The molecule has 1 aliphatic rings. The third-order valence-electron chi connectivity index (χ3n) is 2.23. The van der Waals surface area contributed by atoms with Crippen molar-refractivity contribution in [1.29, 1.82) is 0 Å². The number of hydrogen-bond acceptors (Lipinski definition) is 7. The van der Waals surface area contributed by atoms with Crippen molar-refractivity contribution < 1.29 is 25.2 Å². The molecule has 0 radical (unpaired) electrons.